The Hall–Kier alpha value is -0.160. The van der Waals surface area contributed by atoms with E-state index in [4.69, 9.17) is 14.6 Å². The van der Waals surface area contributed by atoms with Crippen LogP contribution >= 0.6 is 0 Å². The summed E-state index contributed by atoms with van der Waals surface area (Å²) in [5.74, 6) is 0. The molecular weight excluding hydrogens is 206 g/mol. The van der Waals surface area contributed by atoms with Crippen molar-refractivity contribution in [2.45, 2.75) is 45.3 Å². The summed E-state index contributed by atoms with van der Waals surface area (Å²) in [5, 5.41) is 12.2. The smallest absolute Gasteiger partial charge is 0.0707 e. The second-order valence-electron chi connectivity index (χ2n) is 5.29. The van der Waals surface area contributed by atoms with Gasteiger partial charge < -0.3 is 19.9 Å². The zero-order valence-corrected chi connectivity index (χ0v) is 11.3. The van der Waals surface area contributed by atoms with Gasteiger partial charge in [0, 0.05) is 12.1 Å². The summed E-state index contributed by atoms with van der Waals surface area (Å²) in [6.07, 6.45) is 0.787. The van der Waals surface area contributed by atoms with Gasteiger partial charge in [0.25, 0.3) is 0 Å². The van der Waals surface area contributed by atoms with Crippen molar-refractivity contribution in [3.8, 4) is 0 Å². The molecule has 16 heavy (non-hydrogen) atoms. The van der Waals surface area contributed by atoms with E-state index in [0.717, 1.165) is 6.42 Å². The van der Waals surface area contributed by atoms with Gasteiger partial charge in [-0.2, -0.15) is 0 Å². The molecule has 0 saturated heterocycles. The van der Waals surface area contributed by atoms with Gasteiger partial charge in [-0.3, -0.25) is 0 Å². The molecule has 0 rings (SSSR count). The molecule has 0 amide bonds. The number of nitrogens with one attached hydrogen (secondary N) is 1. The SMILES string of the molecule is CNC(C)(CO)CCOCCOC(C)(C)C. The second kappa shape index (κ2) is 7.22. The predicted octanol–water partition coefficient (Wildman–Crippen LogP) is 1.18. The average molecular weight is 233 g/mol. The van der Waals surface area contributed by atoms with Gasteiger partial charge in [0.1, 0.15) is 0 Å². The first-order valence-electron chi connectivity index (χ1n) is 5.84. The highest BCUT2D eigenvalue weighted by atomic mass is 16.5. The minimum absolute atomic E-state index is 0.103. The van der Waals surface area contributed by atoms with Gasteiger partial charge in [0.05, 0.1) is 25.4 Å². The van der Waals surface area contributed by atoms with Crippen LogP contribution in [-0.4, -0.2) is 49.7 Å². The molecular formula is C12H27NO3. The van der Waals surface area contributed by atoms with Crippen molar-refractivity contribution < 1.29 is 14.6 Å². The van der Waals surface area contributed by atoms with E-state index in [1.54, 1.807) is 0 Å². The molecule has 0 bridgehead atoms. The van der Waals surface area contributed by atoms with Crippen LogP contribution in [0.1, 0.15) is 34.1 Å². The molecule has 4 nitrogen and oxygen atoms in total. The van der Waals surface area contributed by atoms with Crippen molar-refractivity contribution in [2.75, 3.05) is 33.5 Å². The largest absolute Gasteiger partial charge is 0.394 e. The maximum atomic E-state index is 9.15. The van der Waals surface area contributed by atoms with Crippen LogP contribution < -0.4 is 5.32 Å². The Morgan fingerprint density at radius 1 is 1.06 bits per heavy atom. The van der Waals surface area contributed by atoms with E-state index in [1.807, 2.05) is 34.7 Å². The molecule has 0 radical (unpaired) electrons. The maximum Gasteiger partial charge on any atom is 0.0707 e. The van der Waals surface area contributed by atoms with Gasteiger partial charge in [-0.1, -0.05) is 0 Å². The molecule has 2 N–H and O–H groups in total. The lowest BCUT2D eigenvalue weighted by Crippen LogP contribution is -2.44. The number of likely N-dealkylation sites (N-methyl/N-ethyl adjacent to an activating group) is 1. The monoisotopic (exact) mass is 233 g/mol. The van der Waals surface area contributed by atoms with Crippen LogP contribution in [0.5, 0.6) is 0 Å². The molecule has 0 spiro atoms. The highest BCUT2D eigenvalue weighted by Gasteiger charge is 2.19. The maximum absolute atomic E-state index is 9.15. The number of hydrogen-bond donors (Lipinski definition) is 2. The normalized spacial score (nSPS) is 16.1. The van der Waals surface area contributed by atoms with E-state index in [0.29, 0.717) is 19.8 Å². The van der Waals surface area contributed by atoms with Crippen LogP contribution in [0.3, 0.4) is 0 Å². The highest BCUT2D eigenvalue weighted by molar-refractivity contribution is 4.79. The average Bonchev–Trinajstić information content (AvgIpc) is 2.21. The highest BCUT2D eigenvalue weighted by Crippen LogP contribution is 2.08. The summed E-state index contributed by atoms with van der Waals surface area (Å²) in [4.78, 5) is 0. The molecule has 0 aliphatic rings. The fourth-order valence-electron chi connectivity index (χ4n) is 1.09. The van der Waals surface area contributed by atoms with E-state index in [-0.39, 0.29) is 17.7 Å². The number of aliphatic hydroxyl groups excluding tert-OH is 1. The van der Waals surface area contributed by atoms with Crippen molar-refractivity contribution >= 4 is 0 Å². The summed E-state index contributed by atoms with van der Waals surface area (Å²) >= 11 is 0. The third kappa shape index (κ3) is 8.05. The summed E-state index contributed by atoms with van der Waals surface area (Å²) in [6.45, 7) is 10.0. The van der Waals surface area contributed by atoms with Gasteiger partial charge >= 0.3 is 0 Å². The first-order chi connectivity index (χ1) is 7.33. The summed E-state index contributed by atoms with van der Waals surface area (Å²) in [6, 6.07) is 0. The van der Waals surface area contributed by atoms with Crippen LogP contribution in [0.25, 0.3) is 0 Å². The van der Waals surface area contributed by atoms with Crippen molar-refractivity contribution in [2.24, 2.45) is 0 Å². The van der Waals surface area contributed by atoms with Crippen LogP contribution in [0.2, 0.25) is 0 Å². The Labute approximate surface area is 99.3 Å². The van der Waals surface area contributed by atoms with E-state index in [2.05, 4.69) is 5.32 Å². The van der Waals surface area contributed by atoms with Gasteiger partial charge in [-0.15, -0.1) is 0 Å². The number of hydrogen-bond acceptors (Lipinski definition) is 4. The Morgan fingerprint density at radius 3 is 2.12 bits per heavy atom. The number of rotatable bonds is 8. The summed E-state index contributed by atoms with van der Waals surface area (Å²) in [5.41, 5.74) is -0.348. The van der Waals surface area contributed by atoms with Crippen LogP contribution in [0.15, 0.2) is 0 Å². The van der Waals surface area contributed by atoms with E-state index in [9.17, 15) is 0 Å². The molecule has 98 valence electrons. The minimum atomic E-state index is -0.245. The molecule has 0 saturated carbocycles. The van der Waals surface area contributed by atoms with Gasteiger partial charge in [0.2, 0.25) is 0 Å². The lowest BCUT2D eigenvalue weighted by Gasteiger charge is -2.26. The minimum Gasteiger partial charge on any atom is -0.394 e. The molecule has 0 aromatic heterocycles. The van der Waals surface area contributed by atoms with Crippen LogP contribution in [0, 0.1) is 0 Å². The van der Waals surface area contributed by atoms with Gasteiger partial charge in [-0.05, 0) is 41.2 Å². The van der Waals surface area contributed by atoms with E-state index in [1.165, 1.54) is 0 Å². The standard InChI is InChI=1S/C12H27NO3/c1-11(2,3)16-9-8-15-7-6-12(4,10-14)13-5/h13-14H,6-10H2,1-5H3. The first kappa shape index (κ1) is 15.8. The Balaban J connectivity index is 3.47. The first-order valence-corrected chi connectivity index (χ1v) is 5.84. The van der Waals surface area contributed by atoms with Crippen LogP contribution in [-0.2, 0) is 9.47 Å². The molecule has 0 fully saturated rings. The zero-order valence-electron chi connectivity index (χ0n) is 11.3. The molecule has 0 aromatic rings. The lowest BCUT2D eigenvalue weighted by atomic mass is 10.0. The predicted molar refractivity (Wildman–Crippen MR) is 65.7 cm³/mol. The van der Waals surface area contributed by atoms with Crippen LogP contribution in [0.4, 0.5) is 0 Å². The molecule has 1 atom stereocenters. The van der Waals surface area contributed by atoms with Crippen molar-refractivity contribution in [1.82, 2.24) is 5.32 Å². The molecule has 1 unspecified atom stereocenters. The quantitative estimate of drug-likeness (QED) is 0.618. The van der Waals surface area contributed by atoms with Gasteiger partial charge in [-0.25, -0.2) is 0 Å². The third-order valence-electron chi connectivity index (χ3n) is 2.51. The number of aliphatic hydroxyl groups is 1. The number of ether oxygens (including phenoxy) is 2. The molecule has 4 heteroatoms. The topological polar surface area (TPSA) is 50.7 Å². The molecule has 0 heterocycles. The Bertz CT molecular complexity index is 174. The second-order valence-corrected chi connectivity index (χ2v) is 5.29. The van der Waals surface area contributed by atoms with Crippen molar-refractivity contribution in [3.63, 3.8) is 0 Å². The summed E-state index contributed by atoms with van der Waals surface area (Å²) in [7, 11) is 1.85. The molecule has 0 aliphatic heterocycles. The summed E-state index contributed by atoms with van der Waals surface area (Å²) < 4.78 is 11.0. The fraction of sp³-hybridized carbons (Fsp3) is 1.00. The Kier molecular flexibility index (Phi) is 7.15. The van der Waals surface area contributed by atoms with Crippen molar-refractivity contribution in [3.05, 3.63) is 0 Å². The van der Waals surface area contributed by atoms with Gasteiger partial charge in [0.15, 0.2) is 0 Å². The molecule has 0 aromatic carbocycles. The van der Waals surface area contributed by atoms with Crippen molar-refractivity contribution in [1.29, 1.82) is 0 Å². The lowest BCUT2D eigenvalue weighted by molar-refractivity contribution is -0.0375. The third-order valence-corrected chi connectivity index (χ3v) is 2.51. The van der Waals surface area contributed by atoms with E-state index >= 15 is 0 Å². The zero-order chi connectivity index (χ0) is 12.7. The van der Waals surface area contributed by atoms with E-state index < -0.39 is 0 Å². The fourth-order valence-corrected chi connectivity index (χ4v) is 1.09. The Morgan fingerprint density at radius 2 is 1.69 bits per heavy atom. The molecule has 0 aliphatic carbocycles.